The van der Waals surface area contributed by atoms with Crippen molar-refractivity contribution < 1.29 is 18.5 Å². The highest BCUT2D eigenvalue weighted by molar-refractivity contribution is 5.91. The Bertz CT molecular complexity index is 1040. The normalized spacial score (nSPS) is 19.6. The monoisotopic (exact) mass is 423 g/mol. The first kappa shape index (κ1) is 19.7. The van der Waals surface area contributed by atoms with Crippen molar-refractivity contribution >= 4 is 11.9 Å². The number of piperidine rings is 1. The quantitative estimate of drug-likeness (QED) is 0.632. The molecule has 1 amide bonds. The summed E-state index contributed by atoms with van der Waals surface area (Å²) in [5, 5.41) is 4.03. The summed E-state index contributed by atoms with van der Waals surface area (Å²) in [6.45, 7) is 6.00. The van der Waals surface area contributed by atoms with Gasteiger partial charge < -0.3 is 23.5 Å². The molecule has 2 aliphatic rings. The Kier molecular flexibility index (Phi) is 5.42. The zero-order valence-corrected chi connectivity index (χ0v) is 17.5. The van der Waals surface area contributed by atoms with Gasteiger partial charge in [-0.1, -0.05) is 5.16 Å². The van der Waals surface area contributed by atoms with E-state index in [9.17, 15) is 4.79 Å². The molecule has 0 aliphatic carbocycles. The second-order valence-electron chi connectivity index (χ2n) is 7.97. The van der Waals surface area contributed by atoms with Crippen LogP contribution in [0.5, 0.6) is 0 Å². The lowest BCUT2D eigenvalue weighted by Gasteiger charge is -2.33. The lowest BCUT2D eigenvalue weighted by atomic mass is 9.91. The molecule has 162 valence electrons. The molecule has 1 atom stereocenters. The van der Waals surface area contributed by atoms with E-state index in [2.05, 4.69) is 15.0 Å². The first-order valence-corrected chi connectivity index (χ1v) is 10.6. The molecule has 5 rings (SSSR count). The third-order valence-corrected chi connectivity index (χ3v) is 5.82. The Labute approximate surface area is 180 Å². The van der Waals surface area contributed by atoms with Gasteiger partial charge >= 0.3 is 0 Å². The van der Waals surface area contributed by atoms with Crippen molar-refractivity contribution in [2.45, 2.75) is 25.7 Å². The number of ether oxygens (including phenoxy) is 1. The van der Waals surface area contributed by atoms with Gasteiger partial charge in [0.15, 0.2) is 11.5 Å². The molecule has 31 heavy (non-hydrogen) atoms. The summed E-state index contributed by atoms with van der Waals surface area (Å²) < 4.78 is 16.3. The van der Waals surface area contributed by atoms with Gasteiger partial charge in [-0.25, -0.2) is 9.97 Å². The van der Waals surface area contributed by atoms with Gasteiger partial charge in [-0.2, -0.15) is 0 Å². The van der Waals surface area contributed by atoms with Crippen molar-refractivity contribution in [1.82, 2.24) is 20.0 Å². The summed E-state index contributed by atoms with van der Waals surface area (Å²) in [4.78, 5) is 26.4. The third kappa shape index (κ3) is 4.05. The number of carbonyl (C=O) groups excluding carboxylic acids is 1. The number of aryl methyl sites for hydroxylation is 1. The fraction of sp³-hybridized carbons (Fsp3) is 0.455. The summed E-state index contributed by atoms with van der Waals surface area (Å²) in [6.07, 6.45) is 5.17. The molecule has 0 saturated carbocycles. The number of anilines is 1. The van der Waals surface area contributed by atoms with Crippen LogP contribution in [0.2, 0.25) is 0 Å². The van der Waals surface area contributed by atoms with Gasteiger partial charge in [0.25, 0.3) is 5.91 Å². The molecule has 9 heteroatoms. The standard InChI is InChI=1S/C22H25N5O4/c1-15-12-19(31-25-15)17-13-23-22(26-7-10-29-11-8-26)24-20(17)16-4-2-6-27(14-16)21(28)18-5-3-9-30-18/h3,5,9,12-13,16H,2,4,6-8,10-11,14H2,1H3. The second kappa shape index (κ2) is 8.50. The van der Waals surface area contributed by atoms with Crippen LogP contribution < -0.4 is 4.90 Å². The molecule has 3 aromatic rings. The fourth-order valence-electron chi connectivity index (χ4n) is 4.23. The molecule has 0 aromatic carbocycles. The summed E-state index contributed by atoms with van der Waals surface area (Å²) in [5.74, 6) is 1.68. The Balaban J connectivity index is 1.48. The summed E-state index contributed by atoms with van der Waals surface area (Å²) >= 11 is 0. The van der Waals surface area contributed by atoms with Crippen LogP contribution in [0.3, 0.4) is 0 Å². The van der Waals surface area contributed by atoms with Gasteiger partial charge in [0.05, 0.1) is 36.4 Å². The Morgan fingerprint density at radius 1 is 1.23 bits per heavy atom. The highest BCUT2D eigenvalue weighted by atomic mass is 16.5. The fourth-order valence-corrected chi connectivity index (χ4v) is 4.23. The Hall–Kier alpha value is -3.20. The third-order valence-electron chi connectivity index (χ3n) is 5.82. The van der Waals surface area contributed by atoms with E-state index < -0.39 is 0 Å². The van der Waals surface area contributed by atoms with Crippen LogP contribution in [0.4, 0.5) is 5.95 Å². The van der Waals surface area contributed by atoms with Crippen molar-refractivity contribution in [1.29, 1.82) is 0 Å². The van der Waals surface area contributed by atoms with E-state index in [4.69, 9.17) is 18.7 Å². The first-order valence-electron chi connectivity index (χ1n) is 10.6. The Morgan fingerprint density at radius 3 is 2.84 bits per heavy atom. The topological polar surface area (TPSA) is 97.7 Å². The van der Waals surface area contributed by atoms with E-state index in [1.54, 1.807) is 12.1 Å². The molecule has 2 fully saturated rings. The summed E-state index contributed by atoms with van der Waals surface area (Å²) in [7, 11) is 0. The largest absolute Gasteiger partial charge is 0.459 e. The van der Waals surface area contributed by atoms with Crippen LogP contribution >= 0.6 is 0 Å². The van der Waals surface area contributed by atoms with E-state index in [1.807, 2.05) is 24.1 Å². The van der Waals surface area contributed by atoms with Gasteiger partial charge in [-0.3, -0.25) is 4.79 Å². The SMILES string of the molecule is Cc1cc(-c2cnc(N3CCOCC3)nc2C2CCCN(C(=O)c3ccco3)C2)on1. The van der Waals surface area contributed by atoms with Gasteiger partial charge in [0.2, 0.25) is 5.95 Å². The van der Waals surface area contributed by atoms with E-state index in [1.165, 1.54) is 6.26 Å². The van der Waals surface area contributed by atoms with E-state index in [0.717, 1.165) is 42.9 Å². The number of likely N-dealkylation sites (tertiary alicyclic amines) is 1. The maximum atomic E-state index is 12.9. The van der Waals surface area contributed by atoms with Crippen molar-refractivity contribution in [3.63, 3.8) is 0 Å². The predicted octanol–water partition coefficient (Wildman–Crippen LogP) is 2.89. The molecule has 3 aromatic heterocycles. The molecule has 2 saturated heterocycles. The van der Waals surface area contributed by atoms with Crippen LogP contribution in [0.25, 0.3) is 11.3 Å². The van der Waals surface area contributed by atoms with Gasteiger partial charge in [-0.05, 0) is 31.9 Å². The van der Waals surface area contributed by atoms with E-state index in [0.29, 0.717) is 43.8 Å². The van der Waals surface area contributed by atoms with Crippen LogP contribution in [0.1, 0.15) is 40.7 Å². The molecule has 0 radical (unpaired) electrons. The number of aromatic nitrogens is 3. The number of furan rings is 1. The average Bonchev–Trinajstić information content (AvgIpc) is 3.51. The van der Waals surface area contributed by atoms with Crippen molar-refractivity contribution in [3.8, 4) is 11.3 Å². The maximum absolute atomic E-state index is 12.9. The van der Waals surface area contributed by atoms with E-state index in [-0.39, 0.29) is 11.8 Å². The predicted molar refractivity (Wildman–Crippen MR) is 112 cm³/mol. The molecule has 0 bridgehead atoms. The summed E-state index contributed by atoms with van der Waals surface area (Å²) in [6, 6.07) is 5.33. The molecule has 2 aliphatic heterocycles. The molecular weight excluding hydrogens is 398 g/mol. The van der Waals surface area contributed by atoms with Crippen molar-refractivity contribution in [2.24, 2.45) is 0 Å². The number of morpholine rings is 1. The first-order chi connectivity index (χ1) is 15.2. The highest BCUT2D eigenvalue weighted by Crippen LogP contribution is 2.34. The van der Waals surface area contributed by atoms with Gasteiger partial charge in [0.1, 0.15) is 0 Å². The lowest BCUT2D eigenvalue weighted by Crippen LogP contribution is -2.40. The molecule has 5 heterocycles. The van der Waals surface area contributed by atoms with Crippen LogP contribution in [-0.4, -0.2) is 65.3 Å². The minimum absolute atomic E-state index is 0.0656. The molecule has 9 nitrogen and oxygen atoms in total. The molecule has 0 spiro atoms. The van der Waals surface area contributed by atoms with E-state index >= 15 is 0 Å². The number of amides is 1. The smallest absolute Gasteiger partial charge is 0.289 e. The van der Waals surface area contributed by atoms with Crippen molar-refractivity contribution in [3.05, 3.63) is 47.8 Å². The molecule has 0 N–H and O–H groups in total. The van der Waals surface area contributed by atoms with Crippen molar-refractivity contribution in [2.75, 3.05) is 44.3 Å². The minimum atomic E-state index is -0.0887. The second-order valence-corrected chi connectivity index (χ2v) is 7.97. The zero-order chi connectivity index (χ0) is 21.2. The number of hydrogen-bond donors (Lipinski definition) is 0. The highest BCUT2D eigenvalue weighted by Gasteiger charge is 2.31. The number of rotatable bonds is 4. The minimum Gasteiger partial charge on any atom is -0.459 e. The maximum Gasteiger partial charge on any atom is 0.289 e. The Morgan fingerprint density at radius 2 is 2.10 bits per heavy atom. The van der Waals surface area contributed by atoms with Gasteiger partial charge in [-0.15, -0.1) is 0 Å². The average molecular weight is 423 g/mol. The number of carbonyl (C=O) groups is 1. The zero-order valence-electron chi connectivity index (χ0n) is 17.5. The molecule has 1 unspecified atom stereocenters. The van der Waals surface area contributed by atoms with Crippen LogP contribution in [-0.2, 0) is 4.74 Å². The summed E-state index contributed by atoms with van der Waals surface area (Å²) in [5.41, 5.74) is 2.52. The lowest BCUT2D eigenvalue weighted by molar-refractivity contribution is 0.0673. The number of nitrogens with zero attached hydrogens (tertiary/aromatic N) is 5. The van der Waals surface area contributed by atoms with Gasteiger partial charge in [0, 0.05) is 44.4 Å². The molecular formula is C22H25N5O4. The number of hydrogen-bond acceptors (Lipinski definition) is 8. The van der Waals surface area contributed by atoms with Crippen LogP contribution in [0, 0.1) is 6.92 Å². The van der Waals surface area contributed by atoms with Crippen LogP contribution in [0.15, 0.2) is 39.6 Å².